The first kappa shape index (κ1) is 18.9. The van der Waals surface area contributed by atoms with Gasteiger partial charge in [0.2, 0.25) is 0 Å². The number of carboxylic acids is 1. The van der Waals surface area contributed by atoms with Crippen molar-refractivity contribution < 1.29 is 19.4 Å². The van der Waals surface area contributed by atoms with Crippen LogP contribution in [0.2, 0.25) is 0 Å². The van der Waals surface area contributed by atoms with Gasteiger partial charge < -0.3 is 14.6 Å². The summed E-state index contributed by atoms with van der Waals surface area (Å²) in [4.78, 5) is 11.6. The van der Waals surface area contributed by atoms with Crippen molar-refractivity contribution in [3.05, 3.63) is 12.8 Å². The summed E-state index contributed by atoms with van der Waals surface area (Å²) in [6, 6.07) is 0. The molecule has 0 aromatic rings. The van der Waals surface area contributed by atoms with E-state index in [1.165, 1.54) is 38.4 Å². The minimum absolute atomic E-state index is 0.195. The monoisotopic (exact) mass is 334 g/mol. The second-order valence-electron chi connectivity index (χ2n) is 6.88. The third kappa shape index (κ3) is 6.20. The van der Waals surface area contributed by atoms with Crippen molar-refractivity contribution >= 4 is 5.97 Å². The molecule has 2 aliphatic rings. The lowest BCUT2D eigenvalue weighted by Gasteiger charge is -2.31. The molecular formula is C20H30O4. The maximum atomic E-state index is 11.6. The summed E-state index contributed by atoms with van der Waals surface area (Å²) in [5.41, 5.74) is 0. The molecule has 24 heavy (non-hydrogen) atoms. The summed E-state index contributed by atoms with van der Waals surface area (Å²) in [6.07, 6.45) is 10.6. The first-order valence-electron chi connectivity index (χ1n) is 9.28. The van der Waals surface area contributed by atoms with E-state index in [1.807, 2.05) is 0 Å². The molecule has 0 bridgehead atoms. The average molecular weight is 334 g/mol. The highest BCUT2D eigenvalue weighted by atomic mass is 16.5. The molecule has 4 nitrogen and oxygen atoms in total. The number of aliphatic carboxylic acids is 1. The Morgan fingerprint density at radius 2 is 1.83 bits per heavy atom. The van der Waals surface area contributed by atoms with E-state index in [4.69, 9.17) is 9.47 Å². The van der Waals surface area contributed by atoms with Crippen molar-refractivity contribution in [2.75, 3.05) is 13.2 Å². The van der Waals surface area contributed by atoms with Gasteiger partial charge in [-0.3, -0.25) is 4.79 Å². The van der Waals surface area contributed by atoms with Gasteiger partial charge in [-0.15, -0.1) is 0 Å². The maximum absolute atomic E-state index is 11.6. The van der Waals surface area contributed by atoms with E-state index in [0.717, 1.165) is 19.3 Å². The first-order valence-corrected chi connectivity index (χ1v) is 9.28. The Bertz CT molecular complexity index is 456. The molecule has 2 fully saturated rings. The SMILES string of the molecule is C=COCCCOC1CCC(C#CC2CCCCC2)CC1C(=O)O. The Morgan fingerprint density at radius 1 is 1.08 bits per heavy atom. The van der Waals surface area contributed by atoms with Crippen LogP contribution in [0.1, 0.15) is 57.8 Å². The largest absolute Gasteiger partial charge is 0.502 e. The Morgan fingerprint density at radius 3 is 2.54 bits per heavy atom. The number of hydrogen-bond acceptors (Lipinski definition) is 3. The molecule has 3 unspecified atom stereocenters. The molecule has 0 radical (unpaired) electrons. The summed E-state index contributed by atoms with van der Waals surface area (Å²) in [6.45, 7) is 4.58. The van der Waals surface area contributed by atoms with Crippen LogP contribution in [-0.4, -0.2) is 30.4 Å². The Kier molecular flexibility index (Phi) is 8.18. The minimum Gasteiger partial charge on any atom is -0.502 e. The van der Waals surface area contributed by atoms with Crippen LogP contribution in [0.3, 0.4) is 0 Å². The van der Waals surface area contributed by atoms with Crippen molar-refractivity contribution in [2.45, 2.75) is 63.9 Å². The van der Waals surface area contributed by atoms with Gasteiger partial charge in [0, 0.05) is 18.3 Å². The van der Waals surface area contributed by atoms with Gasteiger partial charge in [0.15, 0.2) is 0 Å². The van der Waals surface area contributed by atoms with E-state index in [9.17, 15) is 9.90 Å². The lowest BCUT2D eigenvalue weighted by atomic mass is 9.79. The molecule has 0 aromatic heterocycles. The quantitative estimate of drug-likeness (QED) is 0.434. The van der Waals surface area contributed by atoms with Crippen molar-refractivity contribution in [1.29, 1.82) is 0 Å². The van der Waals surface area contributed by atoms with E-state index in [1.54, 1.807) is 0 Å². The lowest BCUT2D eigenvalue weighted by molar-refractivity contribution is -0.150. The molecule has 2 saturated carbocycles. The smallest absolute Gasteiger partial charge is 0.309 e. The van der Waals surface area contributed by atoms with Gasteiger partial charge >= 0.3 is 5.97 Å². The normalized spacial score (nSPS) is 27.8. The topological polar surface area (TPSA) is 55.8 Å². The average Bonchev–Trinajstić information content (AvgIpc) is 2.61. The van der Waals surface area contributed by atoms with E-state index in [-0.39, 0.29) is 12.0 Å². The number of carboxylic acid groups (broad SMARTS) is 1. The van der Waals surface area contributed by atoms with Crippen molar-refractivity contribution in [3.63, 3.8) is 0 Å². The second kappa shape index (κ2) is 10.4. The van der Waals surface area contributed by atoms with E-state index in [0.29, 0.717) is 25.6 Å². The van der Waals surface area contributed by atoms with Gasteiger partial charge in [-0.2, -0.15) is 0 Å². The minimum atomic E-state index is -0.758. The van der Waals surface area contributed by atoms with Crippen molar-refractivity contribution in [2.24, 2.45) is 17.8 Å². The number of hydrogen-bond donors (Lipinski definition) is 1. The van der Waals surface area contributed by atoms with Gasteiger partial charge in [-0.25, -0.2) is 0 Å². The fraction of sp³-hybridized carbons (Fsp3) is 0.750. The Hall–Kier alpha value is -1.47. The molecule has 0 spiro atoms. The molecule has 0 aliphatic heterocycles. The van der Waals surface area contributed by atoms with Crippen LogP contribution >= 0.6 is 0 Å². The first-order chi connectivity index (χ1) is 11.7. The fourth-order valence-corrected chi connectivity index (χ4v) is 3.68. The van der Waals surface area contributed by atoms with Crippen LogP contribution in [0.15, 0.2) is 12.8 Å². The van der Waals surface area contributed by atoms with Crippen LogP contribution in [0.5, 0.6) is 0 Å². The second-order valence-corrected chi connectivity index (χ2v) is 6.88. The molecule has 0 amide bonds. The summed E-state index contributed by atoms with van der Waals surface area (Å²) in [5.74, 6) is 6.34. The van der Waals surface area contributed by atoms with Gasteiger partial charge in [0.05, 0.1) is 31.5 Å². The highest BCUT2D eigenvalue weighted by molar-refractivity contribution is 5.71. The van der Waals surface area contributed by atoms with Crippen LogP contribution < -0.4 is 0 Å². The molecule has 0 saturated heterocycles. The third-order valence-electron chi connectivity index (χ3n) is 5.06. The molecule has 4 heteroatoms. The number of carbonyl (C=O) groups is 1. The van der Waals surface area contributed by atoms with Crippen LogP contribution in [0.25, 0.3) is 0 Å². The molecular weight excluding hydrogens is 304 g/mol. The van der Waals surface area contributed by atoms with Gasteiger partial charge in [0.1, 0.15) is 0 Å². The summed E-state index contributed by atoms with van der Waals surface area (Å²) in [5, 5.41) is 9.52. The third-order valence-corrected chi connectivity index (χ3v) is 5.06. The molecule has 0 aromatic carbocycles. The molecule has 2 aliphatic carbocycles. The van der Waals surface area contributed by atoms with E-state index in [2.05, 4.69) is 18.4 Å². The zero-order valence-electron chi connectivity index (χ0n) is 14.5. The van der Waals surface area contributed by atoms with Crippen LogP contribution in [0, 0.1) is 29.6 Å². The molecule has 2 rings (SSSR count). The highest BCUT2D eigenvalue weighted by Crippen LogP contribution is 2.32. The van der Waals surface area contributed by atoms with E-state index >= 15 is 0 Å². The standard InChI is InChI=1S/C20H30O4/c1-2-23-13-6-14-24-19-12-11-17(15-18(19)20(21)22)10-9-16-7-4-3-5-8-16/h2,16-19H,1,3-8,11-15H2,(H,21,22). The van der Waals surface area contributed by atoms with Gasteiger partial charge in [-0.1, -0.05) is 37.7 Å². The van der Waals surface area contributed by atoms with Crippen LogP contribution in [-0.2, 0) is 14.3 Å². The van der Waals surface area contributed by atoms with Crippen LogP contribution in [0.4, 0.5) is 0 Å². The molecule has 134 valence electrons. The van der Waals surface area contributed by atoms with Gasteiger partial charge in [0.25, 0.3) is 0 Å². The van der Waals surface area contributed by atoms with Crippen molar-refractivity contribution in [3.8, 4) is 11.8 Å². The Labute approximate surface area is 145 Å². The highest BCUT2D eigenvalue weighted by Gasteiger charge is 2.35. The van der Waals surface area contributed by atoms with Crippen molar-refractivity contribution in [1.82, 2.24) is 0 Å². The Balaban J connectivity index is 1.80. The zero-order valence-corrected chi connectivity index (χ0v) is 14.5. The fourth-order valence-electron chi connectivity index (χ4n) is 3.68. The summed E-state index contributed by atoms with van der Waals surface area (Å²) < 4.78 is 10.9. The maximum Gasteiger partial charge on any atom is 0.309 e. The summed E-state index contributed by atoms with van der Waals surface area (Å²) >= 11 is 0. The summed E-state index contributed by atoms with van der Waals surface area (Å²) in [7, 11) is 0. The molecule has 3 atom stereocenters. The lowest BCUT2D eigenvalue weighted by Crippen LogP contribution is -2.36. The molecule has 0 heterocycles. The molecule has 1 N–H and O–H groups in total. The number of rotatable bonds is 7. The van der Waals surface area contributed by atoms with E-state index < -0.39 is 11.9 Å². The predicted molar refractivity (Wildman–Crippen MR) is 93.3 cm³/mol. The predicted octanol–water partition coefficient (Wildman–Crippen LogP) is 4.01. The van der Waals surface area contributed by atoms with Gasteiger partial charge in [-0.05, 0) is 32.1 Å². The number of ether oxygens (including phenoxy) is 2. The zero-order chi connectivity index (χ0) is 17.2.